The summed E-state index contributed by atoms with van der Waals surface area (Å²) >= 11 is 1.52. The van der Waals surface area contributed by atoms with E-state index in [-0.39, 0.29) is 5.91 Å². The molecule has 3 aromatic rings. The van der Waals surface area contributed by atoms with Gasteiger partial charge in [-0.2, -0.15) is 0 Å². The molecule has 0 spiro atoms. The molecule has 2 aromatic carbocycles. The predicted octanol–water partition coefficient (Wildman–Crippen LogP) is 3.42. The second kappa shape index (κ2) is 5.57. The van der Waals surface area contributed by atoms with Crippen LogP contribution in [0.3, 0.4) is 0 Å². The van der Waals surface area contributed by atoms with E-state index in [1.54, 1.807) is 12.6 Å². The Balaban J connectivity index is 1.59. The Kier molecular flexibility index (Phi) is 3.59. The molecule has 7 heteroatoms. The van der Waals surface area contributed by atoms with Crippen molar-refractivity contribution in [3.8, 4) is 0 Å². The van der Waals surface area contributed by atoms with Crippen molar-refractivity contribution < 1.29 is 13.6 Å². The molecule has 1 fully saturated rings. The average molecular weight is 359 g/mol. The van der Waals surface area contributed by atoms with Crippen LogP contribution >= 0.6 is 11.3 Å². The van der Waals surface area contributed by atoms with Gasteiger partial charge in [0.2, 0.25) is 5.91 Å². The van der Waals surface area contributed by atoms with Crippen LogP contribution in [0.25, 0.3) is 10.2 Å². The second-order valence-electron chi connectivity index (χ2n) is 6.37. The molecule has 128 valence electrons. The van der Waals surface area contributed by atoms with Gasteiger partial charge in [0, 0.05) is 24.7 Å². The Labute approximate surface area is 146 Å². The lowest BCUT2D eigenvalue weighted by atomic mass is 10.0. The first kappa shape index (κ1) is 16.1. The number of likely N-dealkylation sites (N-methyl/N-ethyl adjacent to an activating group) is 1. The molecule has 25 heavy (non-hydrogen) atoms. The summed E-state index contributed by atoms with van der Waals surface area (Å²) in [5.41, 5.74) is 8.76. The van der Waals surface area contributed by atoms with Gasteiger partial charge in [-0.25, -0.2) is 13.8 Å². The highest BCUT2D eigenvalue weighted by atomic mass is 32.1. The number of rotatable bonds is 3. The number of halogens is 2. The van der Waals surface area contributed by atoms with Gasteiger partial charge in [0.25, 0.3) is 0 Å². The summed E-state index contributed by atoms with van der Waals surface area (Å²) in [7, 11) is 1.64. The maximum atomic E-state index is 13.4. The second-order valence-corrected chi connectivity index (χ2v) is 7.25. The molecule has 1 amide bonds. The molecule has 1 aliphatic rings. The SMILES string of the molecule is CN(C(=O)[C@]1(N)CC1c1cc(F)cc(F)c1)c1ccc2scnc2c1. The number of nitrogens with zero attached hydrogens (tertiary/aromatic N) is 2. The molecule has 4 rings (SSSR count). The lowest BCUT2D eigenvalue weighted by molar-refractivity contribution is -0.120. The number of carbonyl (C=O) groups is 1. The number of carbonyl (C=O) groups excluding carboxylic acids is 1. The van der Waals surface area contributed by atoms with Crippen LogP contribution in [0.1, 0.15) is 17.9 Å². The third-order valence-corrected chi connectivity index (χ3v) is 5.50. The first-order valence-electron chi connectivity index (χ1n) is 7.75. The number of amides is 1. The molecule has 0 saturated heterocycles. The molecule has 2 N–H and O–H groups in total. The van der Waals surface area contributed by atoms with Crippen LogP contribution in [0, 0.1) is 11.6 Å². The van der Waals surface area contributed by atoms with Crippen LogP contribution in [0.4, 0.5) is 14.5 Å². The fraction of sp³-hybridized carbons (Fsp3) is 0.222. The number of thiazole rings is 1. The monoisotopic (exact) mass is 359 g/mol. The smallest absolute Gasteiger partial charge is 0.247 e. The summed E-state index contributed by atoms with van der Waals surface area (Å²) < 4.78 is 27.9. The number of nitrogens with two attached hydrogens (primary N) is 1. The summed E-state index contributed by atoms with van der Waals surface area (Å²) in [6.07, 6.45) is 0.359. The maximum Gasteiger partial charge on any atom is 0.247 e. The molecule has 1 aliphatic carbocycles. The van der Waals surface area contributed by atoms with Crippen molar-refractivity contribution in [2.75, 3.05) is 11.9 Å². The normalized spacial score (nSPS) is 22.2. The van der Waals surface area contributed by atoms with Gasteiger partial charge < -0.3 is 10.6 Å². The topological polar surface area (TPSA) is 59.2 Å². The molecule has 2 atom stereocenters. The standard InChI is InChI=1S/C18H15F2N3OS/c1-23(13-2-3-16-15(7-13)22-9-25-16)17(24)18(21)8-14(18)10-4-11(19)6-12(20)5-10/h2-7,9,14H,8,21H2,1H3/t14?,18-/m0/s1. The van der Waals surface area contributed by atoms with E-state index in [1.807, 2.05) is 18.2 Å². The first-order chi connectivity index (χ1) is 11.9. The fourth-order valence-corrected chi connectivity index (χ4v) is 3.85. The third-order valence-electron chi connectivity index (χ3n) is 4.69. The van der Waals surface area contributed by atoms with Crippen LogP contribution in [-0.4, -0.2) is 23.5 Å². The number of anilines is 1. The fourth-order valence-electron chi connectivity index (χ4n) is 3.19. The quantitative estimate of drug-likeness (QED) is 0.779. The van der Waals surface area contributed by atoms with Crippen molar-refractivity contribution in [3.05, 3.63) is 59.1 Å². The lowest BCUT2D eigenvalue weighted by Gasteiger charge is -2.22. The number of benzene rings is 2. The summed E-state index contributed by atoms with van der Waals surface area (Å²) in [6.45, 7) is 0. The maximum absolute atomic E-state index is 13.4. The average Bonchev–Trinajstić information content (AvgIpc) is 3.06. The van der Waals surface area contributed by atoms with Gasteiger partial charge in [-0.1, -0.05) is 0 Å². The van der Waals surface area contributed by atoms with Crippen molar-refractivity contribution >= 4 is 33.1 Å². The number of fused-ring (bicyclic) bond motifs is 1. The van der Waals surface area contributed by atoms with Crippen LogP contribution in [0.2, 0.25) is 0 Å². The van der Waals surface area contributed by atoms with Crippen LogP contribution < -0.4 is 10.6 Å². The molecule has 1 aromatic heterocycles. The molecular weight excluding hydrogens is 344 g/mol. The number of hydrogen-bond acceptors (Lipinski definition) is 4. The largest absolute Gasteiger partial charge is 0.317 e. The Morgan fingerprint density at radius 3 is 2.72 bits per heavy atom. The zero-order chi connectivity index (χ0) is 17.8. The van der Waals surface area contributed by atoms with E-state index in [1.165, 1.54) is 28.4 Å². The Bertz CT molecular complexity index is 969. The highest BCUT2D eigenvalue weighted by Crippen LogP contribution is 2.51. The lowest BCUT2D eigenvalue weighted by Crippen LogP contribution is -2.45. The third kappa shape index (κ3) is 2.69. The molecule has 0 aliphatic heterocycles. The molecule has 1 unspecified atom stereocenters. The van der Waals surface area contributed by atoms with Crippen molar-refractivity contribution in [2.45, 2.75) is 17.9 Å². The number of aromatic nitrogens is 1. The predicted molar refractivity (Wildman–Crippen MR) is 93.7 cm³/mol. The summed E-state index contributed by atoms with van der Waals surface area (Å²) in [6, 6.07) is 8.84. The van der Waals surface area contributed by atoms with Gasteiger partial charge in [0.15, 0.2) is 0 Å². The highest BCUT2D eigenvalue weighted by Gasteiger charge is 2.59. The van der Waals surface area contributed by atoms with Crippen molar-refractivity contribution in [1.29, 1.82) is 0 Å². The first-order valence-corrected chi connectivity index (χ1v) is 8.63. The zero-order valence-electron chi connectivity index (χ0n) is 13.4. The van der Waals surface area contributed by atoms with E-state index in [4.69, 9.17) is 5.73 Å². The van der Waals surface area contributed by atoms with E-state index < -0.39 is 23.1 Å². The highest BCUT2D eigenvalue weighted by molar-refractivity contribution is 7.16. The van der Waals surface area contributed by atoms with E-state index in [0.29, 0.717) is 17.7 Å². The van der Waals surface area contributed by atoms with Gasteiger partial charge in [-0.15, -0.1) is 11.3 Å². The van der Waals surface area contributed by atoms with Gasteiger partial charge in [0.1, 0.15) is 17.2 Å². The minimum atomic E-state index is -1.15. The minimum absolute atomic E-state index is 0.281. The molecule has 0 radical (unpaired) electrons. The molecule has 4 nitrogen and oxygen atoms in total. The molecule has 1 heterocycles. The summed E-state index contributed by atoms with van der Waals surface area (Å²) in [5, 5.41) is 0. The molecule has 1 saturated carbocycles. The Morgan fingerprint density at radius 2 is 2.00 bits per heavy atom. The van der Waals surface area contributed by atoms with Crippen molar-refractivity contribution in [2.24, 2.45) is 5.73 Å². The Morgan fingerprint density at radius 1 is 1.28 bits per heavy atom. The summed E-state index contributed by atoms with van der Waals surface area (Å²) in [4.78, 5) is 18.6. The number of hydrogen-bond donors (Lipinski definition) is 1. The van der Waals surface area contributed by atoms with Crippen LogP contribution in [0.5, 0.6) is 0 Å². The van der Waals surface area contributed by atoms with Crippen molar-refractivity contribution in [1.82, 2.24) is 4.98 Å². The Hall–Kier alpha value is -2.38. The molecule has 0 bridgehead atoms. The van der Waals surface area contributed by atoms with E-state index in [2.05, 4.69) is 4.98 Å². The van der Waals surface area contributed by atoms with E-state index in [0.717, 1.165) is 16.3 Å². The van der Waals surface area contributed by atoms with Gasteiger partial charge in [0.05, 0.1) is 15.7 Å². The molecular formula is C18H15F2N3OS. The van der Waals surface area contributed by atoms with Gasteiger partial charge in [-0.3, -0.25) is 4.79 Å². The zero-order valence-corrected chi connectivity index (χ0v) is 14.2. The van der Waals surface area contributed by atoms with Crippen LogP contribution in [-0.2, 0) is 4.79 Å². The van der Waals surface area contributed by atoms with Gasteiger partial charge in [-0.05, 0) is 42.3 Å². The van der Waals surface area contributed by atoms with E-state index >= 15 is 0 Å². The van der Waals surface area contributed by atoms with E-state index in [9.17, 15) is 13.6 Å². The van der Waals surface area contributed by atoms with Gasteiger partial charge >= 0.3 is 0 Å². The summed E-state index contributed by atoms with van der Waals surface area (Å²) in [5.74, 6) is -2.01. The van der Waals surface area contributed by atoms with Crippen molar-refractivity contribution in [3.63, 3.8) is 0 Å². The minimum Gasteiger partial charge on any atom is -0.317 e. The van der Waals surface area contributed by atoms with Crippen LogP contribution in [0.15, 0.2) is 41.9 Å².